The van der Waals surface area contributed by atoms with Gasteiger partial charge in [0, 0.05) is 54.2 Å². The number of hydrogen-bond acceptors (Lipinski definition) is 8. The highest BCUT2D eigenvalue weighted by Gasteiger charge is 2.46. The number of halogens is 5. The van der Waals surface area contributed by atoms with Gasteiger partial charge in [-0.05, 0) is 122 Å². The second kappa shape index (κ2) is 21.1. The first kappa shape index (κ1) is 51.4. The molecular weight excluding hydrogens is 908 g/mol. The van der Waals surface area contributed by atoms with Crippen molar-refractivity contribution in [1.29, 1.82) is 0 Å². The van der Waals surface area contributed by atoms with E-state index >= 15 is 0 Å². The van der Waals surface area contributed by atoms with Crippen molar-refractivity contribution in [3.8, 4) is 22.8 Å². The maximum atomic E-state index is 14.8. The lowest BCUT2D eigenvalue weighted by atomic mass is 9.81. The van der Waals surface area contributed by atoms with Crippen LogP contribution < -0.4 is 10.1 Å². The van der Waals surface area contributed by atoms with E-state index in [1.165, 1.54) is 16.7 Å². The second-order valence-corrected chi connectivity index (χ2v) is 20.2. The molecule has 0 radical (unpaired) electrons. The second-order valence-electron chi connectivity index (χ2n) is 19.3. The summed E-state index contributed by atoms with van der Waals surface area (Å²) in [6.07, 6.45) is -5.58. The van der Waals surface area contributed by atoms with Gasteiger partial charge in [-0.1, -0.05) is 41.4 Å². The smallest absolute Gasteiger partial charge is 0.389 e. The van der Waals surface area contributed by atoms with E-state index in [4.69, 9.17) is 32.7 Å². The molecular formula is C50H61Cl2F3N6O6. The number of ketones is 1. The van der Waals surface area contributed by atoms with E-state index in [1.54, 1.807) is 67.7 Å². The third kappa shape index (κ3) is 13.6. The predicted molar refractivity (Wildman–Crippen MR) is 252 cm³/mol. The number of benzene rings is 3. The minimum atomic E-state index is -4.81. The summed E-state index contributed by atoms with van der Waals surface area (Å²) >= 11 is 12.7. The molecule has 3 aromatic carbocycles. The van der Waals surface area contributed by atoms with Crippen LogP contribution in [0.3, 0.4) is 0 Å². The molecule has 362 valence electrons. The molecule has 1 aromatic heterocycles. The lowest BCUT2D eigenvalue weighted by molar-refractivity contribution is -0.165. The Balaban J connectivity index is 1.37. The van der Waals surface area contributed by atoms with Gasteiger partial charge in [0.1, 0.15) is 17.3 Å². The first-order valence-corrected chi connectivity index (χ1v) is 23.3. The number of Topliss-reactive ketones (excluding diaryl/α,β-unsaturated/α-hetero) is 1. The quantitative estimate of drug-likeness (QED) is 0.149. The van der Waals surface area contributed by atoms with Crippen molar-refractivity contribution in [2.75, 3.05) is 27.2 Å². The predicted octanol–water partition coefficient (Wildman–Crippen LogP) is 9.44. The van der Waals surface area contributed by atoms with Crippen molar-refractivity contribution in [3.63, 3.8) is 0 Å². The van der Waals surface area contributed by atoms with Crippen LogP contribution in [-0.2, 0) is 50.5 Å². The third-order valence-corrected chi connectivity index (χ3v) is 12.9. The molecule has 17 heteroatoms. The van der Waals surface area contributed by atoms with Crippen LogP contribution in [0.25, 0.3) is 11.3 Å². The van der Waals surface area contributed by atoms with Crippen LogP contribution in [0.1, 0.15) is 83.7 Å². The summed E-state index contributed by atoms with van der Waals surface area (Å²) in [5.74, 6) is -4.07. The summed E-state index contributed by atoms with van der Waals surface area (Å²) in [7, 11) is 5.87. The number of imidazole rings is 1. The van der Waals surface area contributed by atoms with Crippen LogP contribution in [0.2, 0.25) is 10.0 Å². The number of aromatic nitrogens is 2. The van der Waals surface area contributed by atoms with Crippen molar-refractivity contribution in [1.82, 2.24) is 29.6 Å². The highest BCUT2D eigenvalue weighted by Crippen LogP contribution is 2.36. The maximum Gasteiger partial charge on any atom is 0.389 e. The van der Waals surface area contributed by atoms with Crippen LogP contribution in [-0.4, -0.2) is 104 Å². The van der Waals surface area contributed by atoms with Crippen molar-refractivity contribution in [2.24, 2.45) is 18.9 Å². The Kier molecular flexibility index (Phi) is 16.2. The summed E-state index contributed by atoms with van der Waals surface area (Å²) in [4.78, 5) is 67.7. The highest BCUT2D eigenvalue weighted by molar-refractivity contribution is 6.31. The molecule has 0 unspecified atom stereocenters. The molecule has 3 heterocycles. The normalized spacial score (nSPS) is 21.9. The van der Waals surface area contributed by atoms with Gasteiger partial charge in [-0.15, -0.1) is 0 Å². The van der Waals surface area contributed by atoms with Gasteiger partial charge < -0.3 is 34.1 Å². The zero-order chi connectivity index (χ0) is 49.0. The van der Waals surface area contributed by atoms with Gasteiger partial charge >= 0.3 is 6.18 Å². The average molecular weight is 970 g/mol. The Morgan fingerprint density at radius 2 is 1.63 bits per heavy atom. The van der Waals surface area contributed by atoms with Gasteiger partial charge in [-0.25, -0.2) is 4.98 Å². The monoisotopic (exact) mass is 968 g/mol. The van der Waals surface area contributed by atoms with Crippen molar-refractivity contribution < 1.29 is 41.8 Å². The van der Waals surface area contributed by atoms with Gasteiger partial charge in [-0.2, -0.15) is 13.2 Å². The zero-order valence-corrected chi connectivity index (χ0v) is 40.9. The number of nitrogens with one attached hydrogen (secondary N) is 1. The fourth-order valence-electron chi connectivity index (χ4n) is 9.09. The molecule has 2 bridgehead atoms. The first-order chi connectivity index (χ1) is 31.4. The van der Waals surface area contributed by atoms with Crippen molar-refractivity contribution >= 4 is 46.7 Å². The third-order valence-electron chi connectivity index (χ3n) is 12.4. The Bertz CT molecular complexity index is 2400. The maximum absolute atomic E-state index is 14.8. The number of carbonyl (C=O) groups is 4. The largest absolute Gasteiger partial charge is 0.457 e. The van der Waals surface area contributed by atoms with E-state index < -0.39 is 77.6 Å². The Morgan fingerprint density at radius 1 is 0.955 bits per heavy atom. The van der Waals surface area contributed by atoms with Gasteiger partial charge in [0.15, 0.2) is 5.78 Å². The molecule has 2 aliphatic heterocycles. The Hall–Kier alpha value is -4.96. The van der Waals surface area contributed by atoms with Crippen LogP contribution in [0, 0.1) is 11.8 Å². The molecule has 67 heavy (non-hydrogen) atoms. The summed E-state index contributed by atoms with van der Waals surface area (Å²) < 4.78 is 58.0. The summed E-state index contributed by atoms with van der Waals surface area (Å²) in [6, 6.07) is 17.7. The van der Waals surface area contributed by atoms with Gasteiger partial charge in [0.2, 0.25) is 17.7 Å². The fraction of sp³-hybridized carbons (Fsp3) is 0.500. The molecule has 0 aliphatic carbocycles. The Morgan fingerprint density at radius 3 is 2.27 bits per heavy atom. The Labute approximate surface area is 401 Å². The van der Waals surface area contributed by atoms with E-state index in [-0.39, 0.29) is 38.2 Å². The number of alkyl halides is 3. The summed E-state index contributed by atoms with van der Waals surface area (Å²) in [5, 5.41) is 4.00. The fourth-order valence-corrected chi connectivity index (χ4v) is 9.38. The number of fused-ring (bicyclic) bond motifs is 2. The molecule has 2 saturated heterocycles. The number of nitrogens with zero attached hydrogens (tertiary/aromatic N) is 5. The average Bonchev–Trinajstić information content (AvgIpc) is 3.59. The minimum absolute atomic E-state index is 0.121. The number of carbonyl (C=O) groups excluding carboxylic acids is 4. The van der Waals surface area contributed by atoms with E-state index in [0.29, 0.717) is 40.7 Å². The number of piperidine rings is 1. The summed E-state index contributed by atoms with van der Waals surface area (Å²) in [5.41, 5.74) is 1.11. The molecule has 1 N–H and O–H groups in total. The number of rotatable bonds is 12. The van der Waals surface area contributed by atoms with Gasteiger partial charge in [-0.3, -0.25) is 19.2 Å². The van der Waals surface area contributed by atoms with Crippen LogP contribution in [0.15, 0.2) is 72.9 Å². The molecule has 5 atom stereocenters. The van der Waals surface area contributed by atoms with E-state index in [0.717, 1.165) is 22.6 Å². The van der Waals surface area contributed by atoms with Crippen LogP contribution in [0.4, 0.5) is 13.2 Å². The highest BCUT2D eigenvalue weighted by atomic mass is 35.5. The lowest BCUT2D eigenvalue weighted by Crippen LogP contribution is -2.63. The molecule has 0 saturated carbocycles. The van der Waals surface area contributed by atoms with Crippen LogP contribution >= 0.6 is 23.2 Å². The standard InChI is InChI=1S/C50H61Cl2F3N6O6/c1-31-42(62)24-40(32(2)67-48(3,4)5)46(64)57-49(25-33-10-15-37(51)16-11-33)20-9-21-60(30-49)47(65)36(26-50(53,54)55)22-45(63)61(31)28-35-12-17-38(52)23-43(35)66-39-18-13-34(14-19-39)41-27-56-44(59(41)8)29-58(6)7/h10-19,23,27,31-32,36,40H,9,20-22,24-26,28-30H2,1-8H3,(H,57,64)/t31-,32-,36-,40-,49+/m0/s1. The molecule has 4 aromatic rings. The van der Waals surface area contributed by atoms with Crippen molar-refractivity contribution in [3.05, 3.63) is 99.9 Å². The van der Waals surface area contributed by atoms with Gasteiger partial charge in [0.25, 0.3) is 0 Å². The molecule has 0 spiro atoms. The number of hydrogen-bond donors (Lipinski definition) is 1. The summed E-state index contributed by atoms with van der Waals surface area (Å²) in [6.45, 7) is 9.06. The van der Waals surface area contributed by atoms with Crippen molar-refractivity contribution in [2.45, 2.75) is 116 Å². The molecule has 6 rings (SSSR count). The molecule has 3 amide bonds. The van der Waals surface area contributed by atoms with Crippen LogP contribution in [0.5, 0.6) is 11.5 Å². The topological polar surface area (TPSA) is 126 Å². The first-order valence-electron chi connectivity index (χ1n) is 22.5. The molecule has 2 fully saturated rings. The SMILES string of the molecule is C[C@H](OC(C)(C)C)[C@@H]1CC(=O)[C@H](C)N(Cc2ccc(Cl)cc2Oc2ccc(-c3cnc(CN(C)C)n3C)cc2)C(=O)C[C@@H](CC(F)(F)F)C(=O)N2CCC[C@@](Cc3ccc(Cl)cc3)(C2)NC1=O. The van der Waals surface area contributed by atoms with E-state index in [2.05, 4.69) is 10.3 Å². The number of amides is 3. The van der Waals surface area contributed by atoms with Gasteiger partial charge in [0.05, 0.1) is 66.5 Å². The lowest BCUT2D eigenvalue weighted by Gasteiger charge is -2.46. The molecule has 12 nitrogen and oxygen atoms in total. The molecule has 2 aliphatic rings. The minimum Gasteiger partial charge on any atom is -0.457 e. The van der Waals surface area contributed by atoms with E-state index in [1.807, 2.05) is 63.5 Å². The number of ether oxygens (including phenoxy) is 2. The zero-order valence-electron chi connectivity index (χ0n) is 39.4. The van der Waals surface area contributed by atoms with E-state index in [9.17, 15) is 32.3 Å².